The van der Waals surface area contributed by atoms with Crippen molar-refractivity contribution in [2.24, 2.45) is 5.92 Å². The first-order valence-electron chi connectivity index (χ1n) is 12.1. The van der Waals surface area contributed by atoms with Crippen LogP contribution in [0.4, 0.5) is 4.39 Å². The number of ether oxygens (including phenoxy) is 2. The third-order valence-electron chi connectivity index (χ3n) is 6.14. The predicted molar refractivity (Wildman–Crippen MR) is 125 cm³/mol. The smallest absolute Gasteiger partial charge is 0.340 e. The van der Waals surface area contributed by atoms with Gasteiger partial charge in [-0.1, -0.05) is 39.2 Å². The van der Waals surface area contributed by atoms with Crippen molar-refractivity contribution in [2.75, 3.05) is 6.61 Å². The van der Waals surface area contributed by atoms with Crippen molar-refractivity contribution >= 4 is 5.97 Å². The molecule has 4 nitrogen and oxygen atoms in total. The van der Waals surface area contributed by atoms with Gasteiger partial charge in [-0.15, -0.1) is 0 Å². The minimum absolute atomic E-state index is 0.158. The fraction of sp³-hybridized carbons (Fsp3) is 0.556. The lowest BCUT2D eigenvalue weighted by atomic mass is 9.88. The summed E-state index contributed by atoms with van der Waals surface area (Å²) < 4.78 is 25.2. The highest BCUT2D eigenvalue weighted by Gasteiger charge is 2.27. The van der Waals surface area contributed by atoms with E-state index in [4.69, 9.17) is 9.47 Å². The number of carbonyl (C=O) groups excluding carboxylic acids is 1. The molecule has 0 saturated heterocycles. The molecule has 0 N–H and O–H groups in total. The molecule has 3 rings (SSSR count). The van der Waals surface area contributed by atoms with E-state index >= 15 is 0 Å². The summed E-state index contributed by atoms with van der Waals surface area (Å²) in [4.78, 5) is 16.4. The molecule has 0 radical (unpaired) electrons. The van der Waals surface area contributed by atoms with Gasteiger partial charge < -0.3 is 9.47 Å². The van der Waals surface area contributed by atoms with Gasteiger partial charge in [0.05, 0.1) is 12.3 Å². The summed E-state index contributed by atoms with van der Waals surface area (Å²) in [6, 6.07) is 12.3. The Morgan fingerprint density at radius 2 is 1.81 bits per heavy atom. The Hall–Kier alpha value is -2.43. The third kappa shape index (κ3) is 7.32. The number of alkyl halides is 1. The molecule has 1 atom stereocenters. The first kappa shape index (κ1) is 24.2. The van der Waals surface area contributed by atoms with Crippen LogP contribution in [0, 0.1) is 5.92 Å². The third-order valence-corrected chi connectivity index (χ3v) is 6.14. The van der Waals surface area contributed by atoms with E-state index in [1.54, 1.807) is 0 Å². The van der Waals surface area contributed by atoms with Crippen LogP contribution in [0.25, 0.3) is 11.3 Å². The molecule has 5 heteroatoms. The van der Waals surface area contributed by atoms with Gasteiger partial charge >= 0.3 is 5.97 Å². The van der Waals surface area contributed by atoms with Gasteiger partial charge in [0.1, 0.15) is 11.9 Å². The first-order valence-corrected chi connectivity index (χ1v) is 12.1. The Morgan fingerprint density at radius 1 is 1.06 bits per heavy atom. The summed E-state index contributed by atoms with van der Waals surface area (Å²) in [7, 11) is 0. The number of aromatic nitrogens is 1. The lowest BCUT2D eigenvalue weighted by molar-refractivity contribution is -0.157. The molecule has 0 bridgehead atoms. The number of hydrogen-bond donors (Lipinski definition) is 0. The number of halogens is 1. The fourth-order valence-corrected chi connectivity index (χ4v) is 4.12. The summed E-state index contributed by atoms with van der Waals surface area (Å²) in [5, 5.41) is 0. The summed E-state index contributed by atoms with van der Waals surface area (Å²) in [5.74, 6) is 0.590. The number of rotatable bonds is 11. The normalized spacial score (nSPS) is 19.3. The van der Waals surface area contributed by atoms with Gasteiger partial charge in [0, 0.05) is 11.8 Å². The van der Waals surface area contributed by atoms with Crippen LogP contribution in [-0.2, 0) is 16.0 Å². The second-order valence-corrected chi connectivity index (χ2v) is 8.83. The summed E-state index contributed by atoms with van der Waals surface area (Å²) in [6.45, 7) is 4.80. The SMILES string of the molecule is CCCC[C@H](F)C(=O)O[C@H]1CC[C@H](COc2ccc(-c3ccc(CCC)cn3)cc2)CC1. The zero-order valence-electron chi connectivity index (χ0n) is 19.4. The zero-order chi connectivity index (χ0) is 22.8. The highest BCUT2D eigenvalue weighted by atomic mass is 19.1. The highest BCUT2D eigenvalue weighted by Crippen LogP contribution is 2.28. The van der Waals surface area contributed by atoms with Crippen LogP contribution in [0.3, 0.4) is 0 Å². The average molecular weight is 442 g/mol. The van der Waals surface area contributed by atoms with Gasteiger partial charge in [-0.2, -0.15) is 0 Å². The minimum atomic E-state index is -1.48. The second-order valence-electron chi connectivity index (χ2n) is 8.83. The Balaban J connectivity index is 1.39. The molecular formula is C27H36FNO3. The molecule has 2 aromatic rings. The maximum atomic E-state index is 13.8. The molecule has 0 spiro atoms. The topological polar surface area (TPSA) is 48.4 Å². The second kappa shape index (κ2) is 12.6. The van der Waals surface area contributed by atoms with Gasteiger partial charge in [-0.3, -0.25) is 4.98 Å². The number of benzene rings is 1. The molecule has 1 saturated carbocycles. The van der Waals surface area contributed by atoms with E-state index in [0.717, 1.165) is 62.0 Å². The summed E-state index contributed by atoms with van der Waals surface area (Å²) in [5.41, 5.74) is 3.31. The van der Waals surface area contributed by atoms with Crippen molar-refractivity contribution < 1.29 is 18.7 Å². The molecule has 32 heavy (non-hydrogen) atoms. The molecule has 1 fully saturated rings. The van der Waals surface area contributed by atoms with E-state index < -0.39 is 12.1 Å². The average Bonchev–Trinajstić information content (AvgIpc) is 2.83. The lowest BCUT2D eigenvalue weighted by Gasteiger charge is -2.28. The van der Waals surface area contributed by atoms with Crippen LogP contribution in [0.15, 0.2) is 42.6 Å². The molecule has 174 valence electrons. The van der Waals surface area contributed by atoms with Crippen LogP contribution < -0.4 is 4.74 Å². The van der Waals surface area contributed by atoms with E-state index in [0.29, 0.717) is 18.9 Å². The Kier molecular flexibility index (Phi) is 9.51. The molecule has 1 aliphatic rings. The summed E-state index contributed by atoms with van der Waals surface area (Å²) >= 11 is 0. The molecule has 1 aromatic heterocycles. The number of carbonyl (C=O) groups is 1. The van der Waals surface area contributed by atoms with Crippen molar-refractivity contribution in [3.05, 3.63) is 48.2 Å². The van der Waals surface area contributed by atoms with Gasteiger partial charge in [0.25, 0.3) is 0 Å². The van der Waals surface area contributed by atoms with Crippen molar-refractivity contribution in [3.63, 3.8) is 0 Å². The van der Waals surface area contributed by atoms with Crippen molar-refractivity contribution in [1.29, 1.82) is 0 Å². The molecular weight excluding hydrogens is 405 g/mol. The number of pyridine rings is 1. The molecule has 1 aromatic carbocycles. The van der Waals surface area contributed by atoms with Gasteiger partial charge in [0.15, 0.2) is 6.17 Å². The molecule has 0 amide bonds. The molecule has 0 unspecified atom stereocenters. The van der Waals surface area contributed by atoms with E-state index in [-0.39, 0.29) is 12.5 Å². The van der Waals surface area contributed by atoms with Crippen LogP contribution >= 0.6 is 0 Å². The minimum Gasteiger partial charge on any atom is -0.493 e. The maximum absolute atomic E-state index is 13.8. The monoisotopic (exact) mass is 441 g/mol. The van der Waals surface area contributed by atoms with Gasteiger partial charge in [0.2, 0.25) is 0 Å². The maximum Gasteiger partial charge on any atom is 0.340 e. The summed E-state index contributed by atoms with van der Waals surface area (Å²) in [6.07, 6.45) is 7.75. The molecule has 0 aliphatic heterocycles. The first-order chi connectivity index (χ1) is 15.6. The van der Waals surface area contributed by atoms with E-state index in [1.165, 1.54) is 5.56 Å². The van der Waals surface area contributed by atoms with Crippen molar-refractivity contribution in [1.82, 2.24) is 4.98 Å². The molecule has 1 aliphatic carbocycles. The number of unbranched alkanes of at least 4 members (excludes halogenated alkanes) is 1. The number of esters is 1. The number of hydrogen-bond acceptors (Lipinski definition) is 4. The van der Waals surface area contributed by atoms with Crippen LogP contribution in [0.2, 0.25) is 0 Å². The van der Waals surface area contributed by atoms with E-state index in [9.17, 15) is 9.18 Å². The van der Waals surface area contributed by atoms with Gasteiger partial charge in [-0.25, -0.2) is 9.18 Å². The quantitative estimate of drug-likeness (QED) is 0.364. The Labute approximate surface area is 191 Å². The van der Waals surface area contributed by atoms with Crippen molar-refractivity contribution in [3.8, 4) is 17.0 Å². The number of aryl methyl sites for hydroxylation is 1. The Bertz CT molecular complexity index is 814. The number of nitrogens with zero attached hydrogens (tertiary/aromatic N) is 1. The lowest BCUT2D eigenvalue weighted by Crippen LogP contribution is -2.30. The predicted octanol–water partition coefficient (Wildman–Crippen LogP) is 6.71. The van der Waals surface area contributed by atoms with Crippen LogP contribution in [0.5, 0.6) is 5.75 Å². The standard InChI is InChI=1S/C27H36FNO3/c1-3-5-7-25(28)27(30)32-24-13-8-21(9-14-24)19-31-23-15-11-22(12-16-23)26-17-10-20(6-4-2)18-29-26/h10-12,15-18,21,24-25H,3-9,13-14,19H2,1-2H3/t21-,24-,25-/m0/s1. The Morgan fingerprint density at radius 3 is 2.44 bits per heavy atom. The fourth-order valence-electron chi connectivity index (χ4n) is 4.12. The van der Waals surface area contributed by atoms with Crippen LogP contribution in [-0.4, -0.2) is 29.8 Å². The highest BCUT2D eigenvalue weighted by molar-refractivity contribution is 5.74. The van der Waals surface area contributed by atoms with Gasteiger partial charge in [-0.05, 0) is 80.3 Å². The van der Waals surface area contributed by atoms with E-state index in [2.05, 4.69) is 24.0 Å². The van der Waals surface area contributed by atoms with Crippen LogP contribution in [0.1, 0.15) is 70.8 Å². The van der Waals surface area contributed by atoms with Crippen molar-refractivity contribution in [2.45, 2.75) is 83.9 Å². The zero-order valence-corrected chi connectivity index (χ0v) is 19.4. The molecule has 1 heterocycles. The largest absolute Gasteiger partial charge is 0.493 e. The van der Waals surface area contributed by atoms with E-state index in [1.807, 2.05) is 37.4 Å².